The number of hydrogen-bond acceptors (Lipinski definition) is 6. The van der Waals surface area contributed by atoms with E-state index in [9.17, 15) is 9.59 Å². The van der Waals surface area contributed by atoms with Gasteiger partial charge in [0.1, 0.15) is 0 Å². The molecule has 0 heterocycles. The lowest BCUT2D eigenvalue weighted by Crippen LogP contribution is -2.26. The minimum absolute atomic E-state index is 0.0276. The number of methoxy groups -OCH3 is 1. The summed E-state index contributed by atoms with van der Waals surface area (Å²) in [5.74, 6) is -1.46. The Kier molecular flexibility index (Phi) is 11.0. The first kappa shape index (κ1) is 18.9. The van der Waals surface area contributed by atoms with Crippen molar-refractivity contribution in [2.24, 2.45) is 5.92 Å². The molecule has 6 nitrogen and oxygen atoms in total. The average Bonchev–Trinajstić information content (AvgIpc) is 2.43. The first-order valence-electron chi connectivity index (χ1n) is 6.97. The van der Waals surface area contributed by atoms with Crippen LogP contribution in [-0.4, -0.2) is 51.6 Å². The molecule has 0 aromatic heterocycles. The predicted octanol–water partition coefficient (Wildman–Crippen LogP) is 1.56. The Morgan fingerprint density at radius 3 is 2.35 bits per heavy atom. The summed E-state index contributed by atoms with van der Waals surface area (Å²) < 4.78 is 20.2. The molecule has 2 unspecified atom stereocenters. The fraction of sp³-hybridized carbons (Fsp3) is 0.857. The van der Waals surface area contributed by atoms with Gasteiger partial charge in [-0.05, 0) is 20.8 Å². The van der Waals surface area contributed by atoms with Gasteiger partial charge in [0.05, 0.1) is 38.3 Å². The van der Waals surface area contributed by atoms with Crippen molar-refractivity contribution in [3.05, 3.63) is 0 Å². The minimum Gasteiger partial charge on any atom is -0.466 e. The number of rotatable bonds is 11. The fourth-order valence-electron chi connectivity index (χ4n) is 1.45. The van der Waals surface area contributed by atoms with Crippen LogP contribution in [-0.2, 0) is 28.5 Å². The van der Waals surface area contributed by atoms with E-state index in [0.29, 0.717) is 13.0 Å². The van der Waals surface area contributed by atoms with Crippen LogP contribution in [0.15, 0.2) is 0 Å². The van der Waals surface area contributed by atoms with Crippen LogP contribution in [0.3, 0.4) is 0 Å². The van der Waals surface area contributed by atoms with Crippen molar-refractivity contribution >= 4 is 11.9 Å². The molecule has 0 amide bonds. The van der Waals surface area contributed by atoms with E-state index in [1.165, 1.54) is 0 Å². The maximum atomic E-state index is 11.7. The molecule has 0 N–H and O–H groups in total. The summed E-state index contributed by atoms with van der Waals surface area (Å²) >= 11 is 0. The van der Waals surface area contributed by atoms with Crippen LogP contribution in [0, 0.1) is 5.92 Å². The Balaban J connectivity index is 4.13. The zero-order valence-corrected chi connectivity index (χ0v) is 12.8. The molecule has 0 saturated carbocycles. The molecule has 0 spiro atoms. The molecule has 0 radical (unpaired) electrons. The molecule has 0 rings (SSSR count). The monoisotopic (exact) mass is 290 g/mol. The van der Waals surface area contributed by atoms with Gasteiger partial charge < -0.3 is 18.9 Å². The molecule has 2 atom stereocenters. The van der Waals surface area contributed by atoms with Gasteiger partial charge in [0.2, 0.25) is 0 Å². The lowest BCUT2D eigenvalue weighted by Gasteiger charge is -2.15. The molecular weight excluding hydrogens is 264 g/mol. The molecular formula is C14H26O6. The van der Waals surface area contributed by atoms with Crippen LogP contribution >= 0.6 is 0 Å². The first-order chi connectivity index (χ1) is 9.54. The fourth-order valence-corrected chi connectivity index (χ4v) is 1.45. The summed E-state index contributed by atoms with van der Waals surface area (Å²) in [5, 5.41) is 0. The van der Waals surface area contributed by atoms with E-state index < -0.39 is 17.9 Å². The maximum absolute atomic E-state index is 11.7. The van der Waals surface area contributed by atoms with Crippen LogP contribution < -0.4 is 0 Å². The normalized spacial score (nSPS) is 13.6. The quantitative estimate of drug-likeness (QED) is 0.538. The van der Waals surface area contributed by atoms with Crippen LogP contribution in [0.1, 0.15) is 33.6 Å². The van der Waals surface area contributed by atoms with Crippen molar-refractivity contribution < 1.29 is 28.5 Å². The number of carbonyl (C=O) groups excluding carboxylic acids is 2. The highest BCUT2D eigenvalue weighted by atomic mass is 16.5. The molecule has 0 aromatic rings. The van der Waals surface area contributed by atoms with Crippen LogP contribution in [0.5, 0.6) is 0 Å². The Bertz CT molecular complexity index is 279. The molecule has 0 aliphatic rings. The summed E-state index contributed by atoms with van der Waals surface area (Å²) in [5.41, 5.74) is 0. The molecule has 0 aliphatic carbocycles. The van der Waals surface area contributed by atoms with Crippen LogP contribution in [0.4, 0.5) is 0 Å². The highest BCUT2D eigenvalue weighted by molar-refractivity contribution is 5.80. The SMILES string of the molecule is CCOCC(CC(=O)OCCC(C)OC)C(=O)OCC. The van der Waals surface area contributed by atoms with E-state index in [1.54, 1.807) is 14.0 Å². The largest absolute Gasteiger partial charge is 0.466 e. The summed E-state index contributed by atoms with van der Waals surface area (Å²) in [4.78, 5) is 23.4. The Morgan fingerprint density at radius 1 is 1.10 bits per heavy atom. The number of ether oxygens (including phenoxy) is 4. The molecule has 0 saturated heterocycles. The lowest BCUT2D eigenvalue weighted by atomic mass is 10.1. The Morgan fingerprint density at radius 2 is 1.80 bits per heavy atom. The minimum atomic E-state index is -0.609. The predicted molar refractivity (Wildman–Crippen MR) is 73.3 cm³/mol. The van der Waals surface area contributed by atoms with Crippen molar-refractivity contribution in [1.82, 2.24) is 0 Å². The first-order valence-corrected chi connectivity index (χ1v) is 6.97. The maximum Gasteiger partial charge on any atom is 0.311 e. The van der Waals surface area contributed by atoms with Gasteiger partial charge in [-0.1, -0.05) is 0 Å². The van der Waals surface area contributed by atoms with E-state index in [0.717, 1.165) is 0 Å². The molecule has 0 aromatic carbocycles. The van der Waals surface area contributed by atoms with Crippen LogP contribution in [0.25, 0.3) is 0 Å². The second-order valence-corrected chi connectivity index (χ2v) is 4.37. The van der Waals surface area contributed by atoms with Crippen molar-refractivity contribution in [2.75, 3.05) is 33.5 Å². The van der Waals surface area contributed by atoms with Crippen molar-refractivity contribution in [2.45, 2.75) is 39.7 Å². The zero-order chi connectivity index (χ0) is 15.4. The molecule has 118 valence electrons. The van der Waals surface area contributed by atoms with E-state index in [-0.39, 0.29) is 32.3 Å². The van der Waals surface area contributed by atoms with Gasteiger partial charge in [-0.25, -0.2) is 0 Å². The van der Waals surface area contributed by atoms with E-state index in [4.69, 9.17) is 18.9 Å². The molecule has 0 bridgehead atoms. The third-order valence-electron chi connectivity index (χ3n) is 2.75. The van der Waals surface area contributed by atoms with Crippen LogP contribution in [0.2, 0.25) is 0 Å². The van der Waals surface area contributed by atoms with E-state index in [2.05, 4.69) is 0 Å². The second kappa shape index (κ2) is 11.7. The number of carbonyl (C=O) groups is 2. The molecule has 20 heavy (non-hydrogen) atoms. The summed E-state index contributed by atoms with van der Waals surface area (Å²) in [6.45, 7) is 6.65. The van der Waals surface area contributed by atoms with E-state index >= 15 is 0 Å². The van der Waals surface area contributed by atoms with Crippen molar-refractivity contribution in [3.63, 3.8) is 0 Å². The third kappa shape index (κ3) is 8.87. The van der Waals surface area contributed by atoms with Gasteiger partial charge in [-0.15, -0.1) is 0 Å². The summed E-state index contributed by atoms with van der Waals surface area (Å²) in [6.07, 6.45) is 0.630. The van der Waals surface area contributed by atoms with Gasteiger partial charge in [0.25, 0.3) is 0 Å². The molecule has 0 fully saturated rings. The lowest BCUT2D eigenvalue weighted by molar-refractivity contribution is -0.157. The highest BCUT2D eigenvalue weighted by Crippen LogP contribution is 2.09. The average molecular weight is 290 g/mol. The summed E-state index contributed by atoms with van der Waals surface area (Å²) in [7, 11) is 1.60. The zero-order valence-electron chi connectivity index (χ0n) is 12.8. The molecule has 0 aliphatic heterocycles. The highest BCUT2D eigenvalue weighted by Gasteiger charge is 2.24. The van der Waals surface area contributed by atoms with Crippen molar-refractivity contribution in [1.29, 1.82) is 0 Å². The van der Waals surface area contributed by atoms with Gasteiger partial charge in [0.15, 0.2) is 0 Å². The third-order valence-corrected chi connectivity index (χ3v) is 2.75. The van der Waals surface area contributed by atoms with Crippen molar-refractivity contribution in [3.8, 4) is 0 Å². The standard InChI is InChI=1S/C14H26O6/c1-5-18-10-12(14(16)19-6-2)9-13(15)20-8-7-11(3)17-4/h11-12H,5-10H2,1-4H3. The Hall–Kier alpha value is -1.14. The number of esters is 2. The van der Waals surface area contributed by atoms with Gasteiger partial charge in [-0.2, -0.15) is 0 Å². The van der Waals surface area contributed by atoms with Gasteiger partial charge in [-0.3, -0.25) is 9.59 Å². The van der Waals surface area contributed by atoms with Gasteiger partial charge >= 0.3 is 11.9 Å². The molecule has 6 heteroatoms. The summed E-state index contributed by atoms with van der Waals surface area (Å²) in [6, 6.07) is 0. The second-order valence-electron chi connectivity index (χ2n) is 4.37. The van der Waals surface area contributed by atoms with Gasteiger partial charge in [0, 0.05) is 20.1 Å². The smallest absolute Gasteiger partial charge is 0.311 e. The Labute approximate surface area is 120 Å². The van der Waals surface area contributed by atoms with E-state index in [1.807, 2.05) is 13.8 Å². The topological polar surface area (TPSA) is 71.1 Å². The number of hydrogen-bond donors (Lipinski definition) is 0.